The Balaban J connectivity index is 1.71. The topological polar surface area (TPSA) is 66.5 Å². The summed E-state index contributed by atoms with van der Waals surface area (Å²) in [6, 6.07) is 15.0. The molecule has 1 saturated heterocycles. The largest absolute Gasteiger partial charge is 0.322 e. The number of hydrogen-bond acceptors (Lipinski definition) is 3. The van der Waals surface area contributed by atoms with Gasteiger partial charge in [-0.15, -0.1) is 0 Å². The van der Waals surface area contributed by atoms with Crippen LogP contribution in [0, 0.1) is 0 Å². The molecule has 1 unspecified atom stereocenters. The van der Waals surface area contributed by atoms with Crippen molar-refractivity contribution in [2.45, 2.75) is 25.4 Å². The van der Waals surface area contributed by atoms with E-state index >= 15 is 0 Å². The fourth-order valence-electron chi connectivity index (χ4n) is 3.47. The molecular formula is C19H16N2O3. The minimum atomic E-state index is -0.578. The van der Waals surface area contributed by atoms with E-state index in [0.29, 0.717) is 18.5 Å². The van der Waals surface area contributed by atoms with Crippen molar-refractivity contribution >= 4 is 17.7 Å². The number of nitrogens with one attached hydrogen (secondary N) is 1. The summed E-state index contributed by atoms with van der Waals surface area (Å²) in [7, 11) is 0. The fraction of sp³-hybridized carbons (Fsp3) is 0.211. The second kappa shape index (κ2) is 5.60. The molecular weight excluding hydrogens is 304 g/mol. The Morgan fingerprint density at radius 3 is 2.50 bits per heavy atom. The van der Waals surface area contributed by atoms with Gasteiger partial charge in [0.15, 0.2) is 0 Å². The van der Waals surface area contributed by atoms with Crippen LogP contribution in [-0.4, -0.2) is 28.7 Å². The van der Waals surface area contributed by atoms with E-state index in [2.05, 4.69) is 5.32 Å². The van der Waals surface area contributed by atoms with Gasteiger partial charge < -0.3 is 4.90 Å². The first-order valence-corrected chi connectivity index (χ1v) is 7.97. The van der Waals surface area contributed by atoms with Crippen molar-refractivity contribution < 1.29 is 14.4 Å². The summed E-state index contributed by atoms with van der Waals surface area (Å²) in [5.74, 6) is -0.794. The highest BCUT2D eigenvalue weighted by Crippen LogP contribution is 2.34. The number of piperidine rings is 1. The lowest BCUT2D eigenvalue weighted by atomic mass is 9.97. The number of imide groups is 1. The van der Waals surface area contributed by atoms with E-state index in [-0.39, 0.29) is 24.1 Å². The summed E-state index contributed by atoms with van der Waals surface area (Å²) in [6.45, 7) is 0.404. The summed E-state index contributed by atoms with van der Waals surface area (Å²) in [5.41, 5.74) is 3.44. The van der Waals surface area contributed by atoms with Crippen LogP contribution in [-0.2, 0) is 16.1 Å². The third kappa shape index (κ3) is 2.29. The monoisotopic (exact) mass is 320 g/mol. The molecule has 1 N–H and O–H groups in total. The van der Waals surface area contributed by atoms with Crippen molar-refractivity contribution in [1.82, 2.24) is 10.2 Å². The van der Waals surface area contributed by atoms with Gasteiger partial charge in [0.1, 0.15) is 6.04 Å². The molecule has 0 spiro atoms. The minimum Gasteiger partial charge on any atom is -0.322 e. The average Bonchev–Trinajstić information content (AvgIpc) is 2.93. The lowest BCUT2D eigenvalue weighted by molar-refractivity contribution is -0.136. The van der Waals surface area contributed by atoms with E-state index in [9.17, 15) is 14.4 Å². The molecule has 0 radical (unpaired) electrons. The molecule has 4 rings (SSSR count). The van der Waals surface area contributed by atoms with Gasteiger partial charge in [-0.1, -0.05) is 48.5 Å². The first-order chi connectivity index (χ1) is 11.6. The summed E-state index contributed by atoms with van der Waals surface area (Å²) < 4.78 is 0. The zero-order chi connectivity index (χ0) is 16.7. The summed E-state index contributed by atoms with van der Waals surface area (Å²) in [5, 5.41) is 2.33. The van der Waals surface area contributed by atoms with Crippen molar-refractivity contribution in [3.8, 4) is 11.1 Å². The SMILES string of the molecule is O=C1CCC(N2Cc3cccc(-c4ccccc4)c3C2=O)C(=O)N1. The molecule has 2 aliphatic rings. The van der Waals surface area contributed by atoms with E-state index in [4.69, 9.17) is 0 Å². The normalized spacial score (nSPS) is 20.1. The maximum atomic E-state index is 13.0. The van der Waals surface area contributed by atoms with Crippen LogP contribution in [0.15, 0.2) is 48.5 Å². The maximum Gasteiger partial charge on any atom is 0.255 e. The molecule has 2 aromatic carbocycles. The van der Waals surface area contributed by atoms with Crippen LogP contribution < -0.4 is 5.32 Å². The number of hydrogen-bond donors (Lipinski definition) is 1. The Hall–Kier alpha value is -2.95. The molecule has 0 saturated carbocycles. The Morgan fingerprint density at radius 1 is 0.958 bits per heavy atom. The number of amides is 3. The van der Waals surface area contributed by atoms with Gasteiger partial charge in [-0.3, -0.25) is 19.7 Å². The van der Waals surface area contributed by atoms with Crippen LogP contribution >= 0.6 is 0 Å². The quantitative estimate of drug-likeness (QED) is 0.862. The Morgan fingerprint density at radius 2 is 1.75 bits per heavy atom. The molecule has 0 bridgehead atoms. The van der Waals surface area contributed by atoms with Crippen molar-refractivity contribution in [3.63, 3.8) is 0 Å². The van der Waals surface area contributed by atoms with Crippen LogP contribution in [0.3, 0.4) is 0 Å². The fourth-order valence-corrected chi connectivity index (χ4v) is 3.47. The van der Waals surface area contributed by atoms with Gasteiger partial charge in [0.25, 0.3) is 5.91 Å². The molecule has 2 heterocycles. The van der Waals surface area contributed by atoms with Gasteiger partial charge >= 0.3 is 0 Å². The number of carbonyl (C=O) groups excluding carboxylic acids is 3. The summed E-state index contributed by atoms with van der Waals surface area (Å²) >= 11 is 0. The average molecular weight is 320 g/mol. The molecule has 24 heavy (non-hydrogen) atoms. The van der Waals surface area contributed by atoms with Gasteiger partial charge in [0.2, 0.25) is 11.8 Å². The molecule has 5 heteroatoms. The number of carbonyl (C=O) groups is 3. The van der Waals surface area contributed by atoms with Crippen LogP contribution in [0.4, 0.5) is 0 Å². The Labute approximate surface area is 139 Å². The molecule has 120 valence electrons. The maximum absolute atomic E-state index is 13.0. The Bertz CT molecular complexity index is 845. The number of nitrogens with zero attached hydrogens (tertiary/aromatic N) is 1. The molecule has 2 aliphatic heterocycles. The van der Waals surface area contributed by atoms with Crippen LogP contribution in [0.5, 0.6) is 0 Å². The Kier molecular flexibility index (Phi) is 3.41. The van der Waals surface area contributed by atoms with Gasteiger partial charge in [0, 0.05) is 13.0 Å². The second-order valence-corrected chi connectivity index (χ2v) is 6.11. The van der Waals surface area contributed by atoms with E-state index in [0.717, 1.165) is 16.7 Å². The summed E-state index contributed by atoms with van der Waals surface area (Å²) in [6.07, 6.45) is 0.646. The molecule has 0 aliphatic carbocycles. The molecule has 0 aromatic heterocycles. The number of fused-ring (bicyclic) bond motifs is 1. The predicted molar refractivity (Wildman–Crippen MR) is 87.9 cm³/mol. The number of rotatable bonds is 2. The highest BCUT2D eigenvalue weighted by atomic mass is 16.2. The smallest absolute Gasteiger partial charge is 0.255 e. The van der Waals surface area contributed by atoms with Crippen LogP contribution in [0.2, 0.25) is 0 Å². The predicted octanol–water partition coefficient (Wildman–Crippen LogP) is 2.11. The first-order valence-electron chi connectivity index (χ1n) is 7.97. The lowest BCUT2D eigenvalue weighted by Gasteiger charge is -2.29. The van der Waals surface area contributed by atoms with E-state index in [1.807, 2.05) is 48.5 Å². The lowest BCUT2D eigenvalue weighted by Crippen LogP contribution is -2.52. The highest BCUT2D eigenvalue weighted by molar-refractivity contribution is 6.08. The molecule has 3 amide bonds. The van der Waals surface area contributed by atoms with Gasteiger partial charge in [-0.2, -0.15) is 0 Å². The minimum absolute atomic E-state index is 0.140. The first kappa shape index (κ1) is 14.6. The van der Waals surface area contributed by atoms with Crippen LogP contribution in [0.25, 0.3) is 11.1 Å². The van der Waals surface area contributed by atoms with Gasteiger partial charge in [0.05, 0.1) is 5.56 Å². The van der Waals surface area contributed by atoms with Crippen molar-refractivity contribution in [2.24, 2.45) is 0 Å². The third-order valence-electron chi connectivity index (χ3n) is 4.64. The van der Waals surface area contributed by atoms with Crippen molar-refractivity contribution in [2.75, 3.05) is 0 Å². The van der Waals surface area contributed by atoms with E-state index < -0.39 is 6.04 Å². The molecule has 1 atom stereocenters. The molecule has 2 aromatic rings. The van der Waals surface area contributed by atoms with Crippen molar-refractivity contribution in [3.05, 3.63) is 59.7 Å². The van der Waals surface area contributed by atoms with Crippen molar-refractivity contribution in [1.29, 1.82) is 0 Å². The summed E-state index contributed by atoms with van der Waals surface area (Å²) in [4.78, 5) is 38.0. The van der Waals surface area contributed by atoms with Gasteiger partial charge in [-0.05, 0) is 23.1 Å². The zero-order valence-corrected chi connectivity index (χ0v) is 13.0. The van der Waals surface area contributed by atoms with E-state index in [1.165, 1.54) is 0 Å². The highest BCUT2D eigenvalue weighted by Gasteiger charge is 2.40. The molecule has 1 fully saturated rings. The standard InChI is InChI=1S/C19H16N2O3/c22-16-10-9-15(18(23)20-16)21-11-13-7-4-8-14(17(13)19(21)24)12-5-2-1-3-6-12/h1-8,15H,9-11H2,(H,20,22,23). The molecule has 5 nitrogen and oxygen atoms in total. The zero-order valence-electron chi connectivity index (χ0n) is 13.0. The number of benzene rings is 2. The second-order valence-electron chi connectivity index (χ2n) is 6.11. The van der Waals surface area contributed by atoms with E-state index in [1.54, 1.807) is 4.90 Å². The third-order valence-corrected chi connectivity index (χ3v) is 4.64. The van der Waals surface area contributed by atoms with Gasteiger partial charge in [-0.25, -0.2) is 0 Å². The van der Waals surface area contributed by atoms with Crippen LogP contribution in [0.1, 0.15) is 28.8 Å².